The molecule has 0 heterocycles. The van der Waals surface area contributed by atoms with Crippen LogP contribution in [0, 0.1) is 28.6 Å². The zero-order valence-corrected chi connectivity index (χ0v) is 14.4. The molecule has 0 aromatic rings. The van der Waals surface area contributed by atoms with E-state index >= 15 is 0 Å². The molecule has 0 saturated heterocycles. The van der Waals surface area contributed by atoms with Crippen LogP contribution in [0.3, 0.4) is 0 Å². The Bertz CT molecular complexity index is 629. The summed E-state index contributed by atoms with van der Waals surface area (Å²) in [5.41, 5.74) is 2.79. The number of fused-ring (bicyclic) bond motifs is 5. The van der Waals surface area contributed by atoms with E-state index in [-0.39, 0.29) is 22.5 Å². The molecule has 2 bridgehead atoms. The third kappa shape index (κ3) is 1.76. The molecule has 4 aliphatic rings. The van der Waals surface area contributed by atoms with Crippen molar-refractivity contribution in [3.05, 3.63) is 23.3 Å². The summed E-state index contributed by atoms with van der Waals surface area (Å²) in [4.78, 5) is 12.8. The van der Waals surface area contributed by atoms with Crippen molar-refractivity contribution in [1.29, 1.82) is 0 Å². The number of aliphatic hydroxyl groups excluding tert-OH is 2. The SMILES string of the molecule is C=C1C(=O)[C@@H]2C3=C(CC[C@@H]4C(C)(C)CC[C@H](O)[C@@]34C)C[C@@H]1[C@@H]2O. The molecule has 2 saturated carbocycles. The molecule has 0 unspecified atom stereocenters. The first-order valence-electron chi connectivity index (χ1n) is 9.01. The van der Waals surface area contributed by atoms with Gasteiger partial charge in [-0.3, -0.25) is 4.79 Å². The molecule has 3 heteroatoms. The van der Waals surface area contributed by atoms with E-state index in [4.69, 9.17) is 0 Å². The van der Waals surface area contributed by atoms with Crippen LogP contribution in [0.1, 0.15) is 52.9 Å². The number of rotatable bonds is 0. The molecule has 0 aromatic heterocycles. The number of carbonyl (C=O) groups is 1. The quantitative estimate of drug-likeness (QED) is 0.533. The number of allylic oxidation sites excluding steroid dienone is 1. The van der Waals surface area contributed by atoms with E-state index in [0.717, 1.165) is 37.7 Å². The van der Waals surface area contributed by atoms with Crippen molar-refractivity contribution in [1.82, 2.24) is 0 Å². The number of ketones is 1. The van der Waals surface area contributed by atoms with Gasteiger partial charge >= 0.3 is 0 Å². The number of Topliss-reactive ketones (excluding diaryl/α,β-unsaturated/α-hetero) is 1. The molecule has 0 spiro atoms. The second-order valence-electron chi connectivity index (χ2n) is 9.10. The maximum absolute atomic E-state index is 12.8. The molecule has 3 nitrogen and oxygen atoms in total. The van der Waals surface area contributed by atoms with Crippen molar-refractivity contribution in [3.8, 4) is 0 Å². The van der Waals surface area contributed by atoms with Crippen LogP contribution in [0.25, 0.3) is 0 Å². The largest absolute Gasteiger partial charge is 0.392 e. The van der Waals surface area contributed by atoms with Crippen molar-refractivity contribution in [3.63, 3.8) is 0 Å². The van der Waals surface area contributed by atoms with Gasteiger partial charge in [0, 0.05) is 11.3 Å². The van der Waals surface area contributed by atoms with Crippen LogP contribution in [0.5, 0.6) is 0 Å². The maximum Gasteiger partial charge on any atom is 0.168 e. The third-order valence-corrected chi connectivity index (χ3v) is 7.70. The van der Waals surface area contributed by atoms with E-state index in [2.05, 4.69) is 27.4 Å². The van der Waals surface area contributed by atoms with E-state index in [0.29, 0.717) is 11.5 Å². The smallest absolute Gasteiger partial charge is 0.168 e. The summed E-state index contributed by atoms with van der Waals surface area (Å²) in [5.74, 6) is -0.166. The normalized spacial score (nSPS) is 48.3. The lowest BCUT2D eigenvalue weighted by Crippen LogP contribution is -2.56. The van der Waals surface area contributed by atoms with Crippen LogP contribution in [-0.2, 0) is 4.79 Å². The highest BCUT2D eigenvalue weighted by molar-refractivity contribution is 6.03. The Kier molecular flexibility index (Phi) is 3.10. The van der Waals surface area contributed by atoms with Crippen molar-refractivity contribution in [2.45, 2.75) is 65.1 Å². The molecule has 2 fully saturated rings. The molecule has 4 aliphatic carbocycles. The van der Waals surface area contributed by atoms with Crippen LogP contribution in [0.15, 0.2) is 23.3 Å². The molecular formula is C20H28O3. The molecule has 4 rings (SSSR count). The third-order valence-electron chi connectivity index (χ3n) is 7.70. The Labute approximate surface area is 138 Å². The minimum Gasteiger partial charge on any atom is -0.392 e. The van der Waals surface area contributed by atoms with E-state index in [1.807, 2.05) is 0 Å². The fourth-order valence-corrected chi connectivity index (χ4v) is 6.47. The summed E-state index contributed by atoms with van der Waals surface area (Å²) in [5, 5.41) is 21.7. The van der Waals surface area contributed by atoms with Crippen molar-refractivity contribution >= 4 is 5.78 Å². The molecule has 23 heavy (non-hydrogen) atoms. The lowest BCUT2D eigenvalue weighted by Gasteiger charge is -2.59. The van der Waals surface area contributed by atoms with Gasteiger partial charge in [0.15, 0.2) is 5.78 Å². The Morgan fingerprint density at radius 2 is 1.87 bits per heavy atom. The van der Waals surface area contributed by atoms with Crippen molar-refractivity contribution < 1.29 is 15.0 Å². The summed E-state index contributed by atoms with van der Waals surface area (Å²) in [6.45, 7) is 10.7. The standard InChI is InChI=1S/C20H28O3/c1-10-12-9-11-5-6-13-19(2,3)8-7-14(21)20(13,4)16(11)15(17(10)22)18(12)23/h12-15,18,21,23H,1,5-9H2,2-4H3/t12-,13+,14-,15-,18-,20-/m0/s1. The van der Waals surface area contributed by atoms with Crippen molar-refractivity contribution in [2.75, 3.05) is 0 Å². The first kappa shape index (κ1) is 15.6. The predicted molar refractivity (Wildman–Crippen MR) is 88.6 cm³/mol. The predicted octanol–water partition coefficient (Wildman–Crippen LogP) is 3.02. The average Bonchev–Trinajstić information content (AvgIpc) is 2.62. The lowest BCUT2D eigenvalue weighted by molar-refractivity contribution is -0.123. The molecule has 0 amide bonds. The summed E-state index contributed by atoms with van der Waals surface area (Å²) >= 11 is 0. The van der Waals surface area contributed by atoms with Gasteiger partial charge in [0.1, 0.15) is 0 Å². The summed E-state index contributed by atoms with van der Waals surface area (Å²) in [6, 6.07) is 0. The van der Waals surface area contributed by atoms with Gasteiger partial charge in [-0.05, 0) is 54.6 Å². The van der Waals surface area contributed by atoms with Gasteiger partial charge < -0.3 is 10.2 Å². The van der Waals surface area contributed by atoms with Crippen LogP contribution in [-0.4, -0.2) is 28.2 Å². The van der Waals surface area contributed by atoms with E-state index in [1.165, 1.54) is 5.57 Å². The van der Waals surface area contributed by atoms with Gasteiger partial charge in [-0.1, -0.05) is 32.9 Å². The maximum atomic E-state index is 12.8. The number of aliphatic hydroxyl groups is 2. The van der Waals surface area contributed by atoms with Crippen LogP contribution in [0.4, 0.5) is 0 Å². The van der Waals surface area contributed by atoms with E-state index in [1.54, 1.807) is 0 Å². The second kappa shape index (κ2) is 4.58. The highest BCUT2D eigenvalue weighted by Gasteiger charge is 2.62. The van der Waals surface area contributed by atoms with Gasteiger partial charge in [-0.2, -0.15) is 0 Å². The Morgan fingerprint density at radius 3 is 2.57 bits per heavy atom. The minimum absolute atomic E-state index is 0.0185. The fourth-order valence-electron chi connectivity index (χ4n) is 6.47. The number of hydrogen-bond acceptors (Lipinski definition) is 3. The Balaban J connectivity index is 1.89. The van der Waals surface area contributed by atoms with Crippen LogP contribution in [0.2, 0.25) is 0 Å². The highest BCUT2D eigenvalue weighted by atomic mass is 16.3. The van der Waals surface area contributed by atoms with E-state index in [9.17, 15) is 15.0 Å². The number of hydrogen-bond donors (Lipinski definition) is 2. The summed E-state index contributed by atoms with van der Waals surface area (Å²) in [6.07, 6.45) is 3.58. The Hall–Kier alpha value is -0.930. The molecule has 0 radical (unpaired) electrons. The first-order valence-corrected chi connectivity index (χ1v) is 9.01. The van der Waals surface area contributed by atoms with Gasteiger partial charge in [0.25, 0.3) is 0 Å². The topological polar surface area (TPSA) is 57.5 Å². The Morgan fingerprint density at radius 1 is 1.17 bits per heavy atom. The highest BCUT2D eigenvalue weighted by Crippen LogP contribution is 2.64. The van der Waals surface area contributed by atoms with Gasteiger partial charge in [0.05, 0.1) is 18.1 Å². The van der Waals surface area contributed by atoms with Crippen molar-refractivity contribution in [2.24, 2.45) is 28.6 Å². The number of carbonyl (C=O) groups excluding carboxylic acids is 1. The monoisotopic (exact) mass is 316 g/mol. The fraction of sp³-hybridized carbons (Fsp3) is 0.750. The summed E-state index contributed by atoms with van der Waals surface area (Å²) in [7, 11) is 0. The van der Waals surface area contributed by atoms with Crippen LogP contribution < -0.4 is 0 Å². The van der Waals surface area contributed by atoms with Gasteiger partial charge in [-0.15, -0.1) is 0 Å². The first-order chi connectivity index (χ1) is 10.7. The molecule has 6 atom stereocenters. The van der Waals surface area contributed by atoms with Crippen LogP contribution >= 0.6 is 0 Å². The minimum atomic E-state index is -0.637. The molecule has 2 N–H and O–H groups in total. The lowest BCUT2D eigenvalue weighted by atomic mass is 9.46. The molecule has 0 aromatic carbocycles. The molecule has 0 aliphatic heterocycles. The molecule has 126 valence electrons. The average molecular weight is 316 g/mol. The zero-order chi connectivity index (χ0) is 16.7. The molecular weight excluding hydrogens is 288 g/mol. The zero-order valence-electron chi connectivity index (χ0n) is 14.4. The van der Waals surface area contributed by atoms with E-state index < -0.39 is 18.1 Å². The van der Waals surface area contributed by atoms with Gasteiger partial charge in [0.2, 0.25) is 0 Å². The second-order valence-corrected chi connectivity index (χ2v) is 9.10. The summed E-state index contributed by atoms with van der Waals surface area (Å²) < 4.78 is 0. The van der Waals surface area contributed by atoms with Gasteiger partial charge in [-0.25, -0.2) is 0 Å².